The first kappa shape index (κ1) is 13.7. The van der Waals surface area contributed by atoms with E-state index in [1.807, 2.05) is 24.3 Å². The van der Waals surface area contributed by atoms with Crippen LogP contribution < -0.4 is 10.2 Å². The molecule has 0 bridgehead atoms. The summed E-state index contributed by atoms with van der Waals surface area (Å²) < 4.78 is 4.79. The quantitative estimate of drug-likeness (QED) is 0.916. The topological polar surface area (TPSA) is 61.9 Å². The number of ether oxygens (including phenoxy) is 1. The summed E-state index contributed by atoms with van der Waals surface area (Å²) in [6.45, 7) is 3.06. The molecule has 0 spiro atoms. The van der Waals surface area contributed by atoms with Gasteiger partial charge in [-0.15, -0.1) is 0 Å². The minimum Gasteiger partial charge on any atom is -0.448 e. The Hall–Kier alpha value is -2.24. The van der Waals surface area contributed by atoms with Gasteiger partial charge < -0.3 is 15.0 Å². The van der Waals surface area contributed by atoms with E-state index < -0.39 is 6.09 Å². The van der Waals surface area contributed by atoms with Crippen LogP contribution in [0.2, 0.25) is 0 Å². The van der Waals surface area contributed by atoms with Gasteiger partial charge in [0.25, 0.3) is 0 Å². The standard InChI is InChI=1S/C15H19N3O3/c19-14(11-18-9-10-21-15(18)20)16-12-3-5-13(6-4-12)17-7-1-2-8-17/h3-6H,1-2,7-11H2,(H,16,19). The summed E-state index contributed by atoms with van der Waals surface area (Å²) in [5, 5.41) is 2.80. The molecule has 2 fully saturated rings. The number of cyclic esters (lactones) is 1. The van der Waals surface area contributed by atoms with Crippen LogP contribution >= 0.6 is 0 Å². The fourth-order valence-electron chi connectivity index (χ4n) is 2.67. The predicted molar refractivity (Wildman–Crippen MR) is 79.4 cm³/mol. The number of hydrogen-bond donors (Lipinski definition) is 1. The molecule has 21 heavy (non-hydrogen) atoms. The molecule has 3 rings (SSSR count). The van der Waals surface area contributed by atoms with Gasteiger partial charge in [-0.05, 0) is 37.1 Å². The number of rotatable bonds is 4. The third-order valence-electron chi connectivity index (χ3n) is 3.80. The molecule has 0 unspecified atom stereocenters. The van der Waals surface area contributed by atoms with Crippen molar-refractivity contribution in [3.8, 4) is 0 Å². The maximum absolute atomic E-state index is 11.9. The number of anilines is 2. The van der Waals surface area contributed by atoms with Crippen LogP contribution in [0, 0.1) is 0 Å². The highest BCUT2D eigenvalue weighted by Crippen LogP contribution is 2.22. The zero-order valence-electron chi connectivity index (χ0n) is 11.9. The molecule has 1 aromatic carbocycles. The molecule has 0 aliphatic carbocycles. The van der Waals surface area contributed by atoms with Crippen molar-refractivity contribution in [1.82, 2.24) is 4.90 Å². The van der Waals surface area contributed by atoms with Crippen molar-refractivity contribution in [2.45, 2.75) is 12.8 Å². The molecular weight excluding hydrogens is 270 g/mol. The Kier molecular flexibility index (Phi) is 3.94. The summed E-state index contributed by atoms with van der Waals surface area (Å²) in [6.07, 6.45) is 2.06. The van der Waals surface area contributed by atoms with E-state index in [-0.39, 0.29) is 12.5 Å². The zero-order valence-corrected chi connectivity index (χ0v) is 11.9. The Labute approximate surface area is 123 Å². The predicted octanol–water partition coefficient (Wildman–Crippen LogP) is 1.68. The average Bonchev–Trinajstić information content (AvgIpc) is 3.12. The molecule has 112 valence electrons. The van der Waals surface area contributed by atoms with E-state index in [2.05, 4.69) is 10.2 Å². The van der Waals surface area contributed by atoms with Crippen LogP contribution in [0.3, 0.4) is 0 Å². The molecule has 2 heterocycles. The van der Waals surface area contributed by atoms with Crippen molar-refractivity contribution < 1.29 is 14.3 Å². The molecule has 0 saturated carbocycles. The molecule has 6 heteroatoms. The lowest BCUT2D eigenvalue weighted by atomic mass is 10.2. The second-order valence-electron chi connectivity index (χ2n) is 5.33. The Morgan fingerprint density at radius 1 is 1.14 bits per heavy atom. The Balaban J connectivity index is 1.54. The lowest BCUT2D eigenvalue weighted by Gasteiger charge is -2.18. The smallest absolute Gasteiger partial charge is 0.410 e. The van der Waals surface area contributed by atoms with Crippen LogP contribution in [0.4, 0.5) is 16.2 Å². The zero-order chi connectivity index (χ0) is 14.7. The normalized spacial score (nSPS) is 18.0. The number of carbonyl (C=O) groups is 2. The number of carbonyl (C=O) groups excluding carboxylic acids is 2. The summed E-state index contributed by atoms with van der Waals surface area (Å²) in [4.78, 5) is 26.9. The molecule has 1 N–H and O–H groups in total. The Bertz CT molecular complexity index is 523. The molecule has 0 radical (unpaired) electrons. The van der Waals surface area contributed by atoms with Crippen LogP contribution in [-0.4, -0.2) is 49.7 Å². The van der Waals surface area contributed by atoms with Gasteiger partial charge >= 0.3 is 6.09 Å². The molecule has 0 aromatic heterocycles. The molecule has 2 aliphatic heterocycles. The minimum atomic E-state index is -0.422. The number of amides is 2. The molecule has 6 nitrogen and oxygen atoms in total. The monoisotopic (exact) mass is 289 g/mol. The van der Waals surface area contributed by atoms with E-state index in [1.165, 1.54) is 23.4 Å². The highest BCUT2D eigenvalue weighted by molar-refractivity contribution is 5.94. The number of benzene rings is 1. The fraction of sp³-hybridized carbons (Fsp3) is 0.467. The third-order valence-corrected chi connectivity index (χ3v) is 3.80. The summed E-state index contributed by atoms with van der Waals surface area (Å²) in [5.74, 6) is -0.206. The van der Waals surface area contributed by atoms with Crippen molar-refractivity contribution in [1.29, 1.82) is 0 Å². The Morgan fingerprint density at radius 2 is 1.86 bits per heavy atom. The van der Waals surface area contributed by atoms with E-state index >= 15 is 0 Å². The highest BCUT2D eigenvalue weighted by Gasteiger charge is 2.24. The minimum absolute atomic E-state index is 0.0344. The van der Waals surface area contributed by atoms with E-state index in [1.54, 1.807) is 0 Å². The summed E-state index contributed by atoms with van der Waals surface area (Å²) >= 11 is 0. The fourth-order valence-corrected chi connectivity index (χ4v) is 2.67. The van der Waals surface area contributed by atoms with E-state index in [0.29, 0.717) is 13.2 Å². The molecule has 0 atom stereocenters. The SMILES string of the molecule is O=C(CN1CCOC1=O)Nc1ccc(N2CCCC2)cc1. The third kappa shape index (κ3) is 3.26. The summed E-state index contributed by atoms with van der Waals surface area (Å²) in [7, 11) is 0. The number of nitrogens with zero attached hydrogens (tertiary/aromatic N) is 2. The van der Waals surface area contributed by atoms with Crippen molar-refractivity contribution in [3.05, 3.63) is 24.3 Å². The average molecular weight is 289 g/mol. The van der Waals surface area contributed by atoms with Gasteiger partial charge in [-0.1, -0.05) is 0 Å². The lowest BCUT2D eigenvalue weighted by molar-refractivity contribution is -0.116. The van der Waals surface area contributed by atoms with E-state index in [9.17, 15) is 9.59 Å². The van der Waals surface area contributed by atoms with Gasteiger partial charge in [-0.25, -0.2) is 4.79 Å². The van der Waals surface area contributed by atoms with Crippen molar-refractivity contribution in [2.24, 2.45) is 0 Å². The van der Waals surface area contributed by atoms with Gasteiger partial charge in [0.2, 0.25) is 5.91 Å². The molecule has 2 amide bonds. The second kappa shape index (κ2) is 6.03. The van der Waals surface area contributed by atoms with Gasteiger partial charge in [0.1, 0.15) is 13.2 Å². The van der Waals surface area contributed by atoms with Crippen LogP contribution in [0.5, 0.6) is 0 Å². The van der Waals surface area contributed by atoms with Crippen LogP contribution in [0.15, 0.2) is 24.3 Å². The van der Waals surface area contributed by atoms with Crippen molar-refractivity contribution >= 4 is 23.4 Å². The first-order chi connectivity index (χ1) is 10.2. The number of hydrogen-bond acceptors (Lipinski definition) is 4. The molecule has 2 aliphatic rings. The van der Waals surface area contributed by atoms with E-state index in [0.717, 1.165) is 18.8 Å². The first-order valence-corrected chi connectivity index (χ1v) is 7.29. The molecular formula is C15H19N3O3. The molecule has 1 aromatic rings. The van der Waals surface area contributed by atoms with Gasteiger partial charge in [-0.3, -0.25) is 9.69 Å². The van der Waals surface area contributed by atoms with Gasteiger partial charge in [0.15, 0.2) is 0 Å². The largest absolute Gasteiger partial charge is 0.448 e. The highest BCUT2D eigenvalue weighted by atomic mass is 16.6. The van der Waals surface area contributed by atoms with E-state index in [4.69, 9.17) is 4.74 Å². The number of nitrogens with one attached hydrogen (secondary N) is 1. The lowest BCUT2D eigenvalue weighted by Crippen LogP contribution is -2.33. The first-order valence-electron chi connectivity index (χ1n) is 7.29. The molecule has 2 saturated heterocycles. The van der Waals surface area contributed by atoms with Crippen molar-refractivity contribution in [3.63, 3.8) is 0 Å². The van der Waals surface area contributed by atoms with Crippen LogP contribution in [0.25, 0.3) is 0 Å². The Morgan fingerprint density at radius 3 is 2.48 bits per heavy atom. The maximum atomic E-state index is 11.9. The van der Waals surface area contributed by atoms with Crippen LogP contribution in [-0.2, 0) is 9.53 Å². The van der Waals surface area contributed by atoms with Gasteiger partial charge in [-0.2, -0.15) is 0 Å². The second-order valence-corrected chi connectivity index (χ2v) is 5.33. The summed E-state index contributed by atoms with van der Waals surface area (Å²) in [6, 6.07) is 7.83. The van der Waals surface area contributed by atoms with Gasteiger partial charge in [0, 0.05) is 24.5 Å². The van der Waals surface area contributed by atoms with Crippen molar-refractivity contribution in [2.75, 3.05) is 43.0 Å². The van der Waals surface area contributed by atoms with Crippen LogP contribution in [0.1, 0.15) is 12.8 Å². The maximum Gasteiger partial charge on any atom is 0.410 e. The van der Waals surface area contributed by atoms with Gasteiger partial charge in [0.05, 0.1) is 6.54 Å². The summed E-state index contributed by atoms with van der Waals surface area (Å²) in [5.41, 5.74) is 1.93.